The Kier molecular flexibility index (Phi) is 5.75. The molecule has 2 aliphatic carbocycles. The van der Waals surface area contributed by atoms with Gasteiger partial charge in [-0.15, -0.1) is 0 Å². The Morgan fingerprint density at radius 1 is 1.29 bits per heavy atom. The zero-order chi connectivity index (χ0) is 22.0. The van der Waals surface area contributed by atoms with Crippen LogP contribution in [0.25, 0.3) is 17.2 Å². The lowest BCUT2D eigenvalue weighted by Crippen LogP contribution is -2.39. The maximum atomic E-state index is 13.4. The molecule has 7 heteroatoms. The van der Waals surface area contributed by atoms with Crippen molar-refractivity contribution in [2.75, 3.05) is 0 Å². The van der Waals surface area contributed by atoms with Gasteiger partial charge in [-0.1, -0.05) is 24.3 Å². The second kappa shape index (κ2) is 8.48. The van der Waals surface area contributed by atoms with Crippen LogP contribution in [0.1, 0.15) is 31.4 Å². The normalized spacial score (nSPS) is 30.0. The molecule has 1 aromatic carbocycles. The van der Waals surface area contributed by atoms with E-state index in [0.717, 1.165) is 17.5 Å². The molecule has 2 saturated carbocycles. The number of carbonyl (C=O) groups is 1. The number of hydrogen-bond donors (Lipinski definition) is 3. The first-order chi connectivity index (χ1) is 14.9. The molecule has 31 heavy (non-hydrogen) atoms. The van der Waals surface area contributed by atoms with Crippen molar-refractivity contribution in [3.63, 3.8) is 0 Å². The summed E-state index contributed by atoms with van der Waals surface area (Å²) >= 11 is 0. The zero-order valence-corrected chi connectivity index (χ0v) is 16.9. The van der Waals surface area contributed by atoms with Crippen LogP contribution in [0.15, 0.2) is 48.7 Å². The summed E-state index contributed by atoms with van der Waals surface area (Å²) in [5, 5.41) is 32.1. The number of pyridine rings is 1. The van der Waals surface area contributed by atoms with Crippen LogP contribution >= 0.6 is 0 Å². The van der Waals surface area contributed by atoms with Crippen molar-refractivity contribution < 1.29 is 19.4 Å². The van der Waals surface area contributed by atoms with E-state index in [1.165, 1.54) is 12.1 Å². The lowest BCUT2D eigenvalue weighted by Gasteiger charge is -2.33. The predicted molar refractivity (Wildman–Crippen MR) is 113 cm³/mol. The third-order valence-corrected chi connectivity index (χ3v) is 6.57. The molecule has 2 aliphatic rings. The molecule has 0 radical (unpaired) electrons. The molecular weight excluding hydrogens is 397 g/mol. The highest BCUT2D eigenvalue weighted by Gasteiger charge is 2.53. The number of fused-ring (bicyclic) bond motifs is 1. The molecule has 2 aromatic rings. The van der Waals surface area contributed by atoms with Crippen LogP contribution in [0.4, 0.5) is 9.18 Å². The molecule has 0 saturated heterocycles. The molecule has 6 nitrogen and oxygen atoms in total. The number of nitriles is 1. The summed E-state index contributed by atoms with van der Waals surface area (Å²) < 4.78 is 13.4. The van der Waals surface area contributed by atoms with E-state index in [1.807, 2.05) is 30.4 Å². The number of benzene rings is 1. The number of aromatic nitrogens is 1. The molecule has 1 aromatic heterocycles. The van der Waals surface area contributed by atoms with Gasteiger partial charge in [0.2, 0.25) is 0 Å². The molecule has 160 valence electrons. The standard InChI is InChI=1S/C24H24FN3O3/c25-18-3-1-2-15(10-18)16-4-5-19(27-13-16)7-9-22-21-8-6-20(28-23(29)30)11-17(21)12-24(22,31)14-26/h1-5,7,9-10,13,17,20-22,28,31H,6,8,11-12H2,(H,29,30)/b9-7+/t17-,20?,21+,22-,24+/m0/s1. The van der Waals surface area contributed by atoms with Crippen molar-refractivity contribution in [1.82, 2.24) is 10.3 Å². The highest BCUT2D eigenvalue weighted by Crippen LogP contribution is 2.51. The number of hydrogen-bond acceptors (Lipinski definition) is 4. The van der Waals surface area contributed by atoms with E-state index in [-0.39, 0.29) is 29.6 Å². The van der Waals surface area contributed by atoms with Gasteiger partial charge in [0.25, 0.3) is 0 Å². The van der Waals surface area contributed by atoms with Gasteiger partial charge in [-0.3, -0.25) is 4.98 Å². The van der Waals surface area contributed by atoms with E-state index >= 15 is 0 Å². The van der Waals surface area contributed by atoms with E-state index in [1.54, 1.807) is 12.3 Å². The fourth-order valence-electron chi connectivity index (χ4n) is 5.16. The molecule has 0 spiro atoms. The number of amides is 1. The van der Waals surface area contributed by atoms with Crippen LogP contribution < -0.4 is 5.32 Å². The molecule has 2 fully saturated rings. The fourth-order valence-corrected chi connectivity index (χ4v) is 5.16. The van der Waals surface area contributed by atoms with Gasteiger partial charge in [-0.2, -0.15) is 5.26 Å². The third kappa shape index (κ3) is 4.44. The van der Waals surface area contributed by atoms with Gasteiger partial charge in [-0.05, 0) is 67.4 Å². The molecule has 1 heterocycles. The molecule has 0 bridgehead atoms. The second-order valence-corrected chi connectivity index (χ2v) is 8.49. The molecular formula is C24H24FN3O3. The number of carboxylic acid groups (broad SMARTS) is 1. The Morgan fingerprint density at radius 3 is 2.81 bits per heavy atom. The number of nitrogens with zero attached hydrogens (tertiary/aromatic N) is 2. The maximum Gasteiger partial charge on any atom is 0.404 e. The van der Waals surface area contributed by atoms with Crippen molar-refractivity contribution in [3.05, 3.63) is 60.2 Å². The summed E-state index contributed by atoms with van der Waals surface area (Å²) in [7, 11) is 0. The molecule has 1 unspecified atom stereocenters. The first-order valence-corrected chi connectivity index (χ1v) is 10.4. The monoisotopic (exact) mass is 421 g/mol. The minimum Gasteiger partial charge on any atom is -0.465 e. The van der Waals surface area contributed by atoms with Crippen molar-refractivity contribution in [2.45, 2.75) is 37.3 Å². The Labute approximate surface area is 180 Å². The van der Waals surface area contributed by atoms with Gasteiger partial charge in [-0.25, -0.2) is 9.18 Å². The molecule has 3 N–H and O–H groups in total. The lowest BCUT2D eigenvalue weighted by molar-refractivity contribution is 0.0672. The van der Waals surface area contributed by atoms with Crippen LogP contribution in [-0.2, 0) is 0 Å². The van der Waals surface area contributed by atoms with Gasteiger partial charge >= 0.3 is 6.09 Å². The lowest BCUT2D eigenvalue weighted by atomic mass is 9.75. The molecule has 5 atom stereocenters. The Bertz CT molecular complexity index is 1030. The minimum absolute atomic E-state index is 0.0909. The van der Waals surface area contributed by atoms with Crippen molar-refractivity contribution in [2.24, 2.45) is 17.8 Å². The van der Waals surface area contributed by atoms with E-state index in [2.05, 4.69) is 16.4 Å². The summed E-state index contributed by atoms with van der Waals surface area (Å²) in [5.41, 5.74) is 0.763. The predicted octanol–water partition coefficient (Wildman–Crippen LogP) is 4.23. The topological polar surface area (TPSA) is 106 Å². The van der Waals surface area contributed by atoms with Crippen molar-refractivity contribution in [3.8, 4) is 17.2 Å². The van der Waals surface area contributed by atoms with Crippen LogP contribution in [0.3, 0.4) is 0 Å². The third-order valence-electron chi connectivity index (χ3n) is 6.57. The van der Waals surface area contributed by atoms with Crippen LogP contribution in [0.5, 0.6) is 0 Å². The first kappa shape index (κ1) is 21.0. The average molecular weight is 421 g/mol. The van der Waals surface area contributed by atoms with E-state index < -0.39 is 11.7 Å². The van der Waals surface area contributed by atoms with Gasteiger partial charge in [0, 0.05) is 23.7 Å². The molecule has 0 aliphatic heterocycles. The van der Waals surface area contributed by atoms with E-state index in [4.69, 9.17) is 5.11 Å². The Hall–Kier alpha value is -3.24. The Morgan fingerprint density at radius 2 is 2.13 bits per heavy atom. The Balaban J connectivity index is 1.50. The molecule has 1 amide bonds. The minimum atomic E-state index is -1.47. The largest absolute Gasteiger partial charge is 0.465 e. The number of rotatable bonds is 4. The van der Waals surface area contributed by atoms with Crippen molar-refractivity contribution >= 4 is 12.2 Å². The highest BCUT2D eigenvalue weighted by molar-refractivity contribution is 5.65. The number of halogens is 1. The smallest absolute Gasteiger partial charge is 0.404 e. The van der Waals surface area contributed by atoms with Crippen LogP contribution in [-0.4, -0.2) is 32.9 Å². The molecule has 4 rings (SSSR count). The summed E-state index contributed by atoms with van der Waals surface area (Å²) in [5.74, 6) is -0.424. The van der Waals surface area contributed by atoms with Gasteiger partial charge in [0.05, 0.1) is 11.8 Å². The summed E-state index contributed by atoms with van der Waals surface area (Å²) in [6.45, 7) is 0. The average Bonchev–Trinajstić information content (AvgIpc) is 3.03. The van der Waals surface area contributed by atoms with Crippen LogP contribution in [0, 0.1) is 34.9 Å². The van der Waals surface area contributed by atoms with E-state index in [0.29, 0.717) is 25.0 Å². The van der Waals surface area contributed by atoms with Gasteiger partial charge in [0.15, 0.2) is 5.60 Å². The zero-order valence-electron chi connectivity index (χ0n) is 16.9. The van der Waals surface area contributed by atoms with Gasteiger partial charge < -0.3 is 15.5 Å². The van der Waals surface area contributed by atoms with Crippen LogP contribution in [0.2, 0.25) is 0 Å². The summed E-state index contributed by atoms with van der Waals surface area (Å²) in [4.78, 5) is 15.4. The number of aliphatic hydroxyl groups is 1. The first-order valence-electron chi connectivity index (χ1n) is 10.4. The summed E-state index contributed by atoms with van der Waals surface area (Å²) in [6, 6.07) is 11.9. The quantitative estimate of drug-likeness (QED) is 0.641. The second-order valence-electron chi connectivity index (χ2n) is 8.49. The SMILES string of the molecule is N#C[C@]1(O)C[C@@H]2CC(NC(=O)O)CC[C@H]2[C@@H]1/C=C/c1ccc(-c2cccc(F)c2)cn1. The summed E-state index contributed by atoms with van der Waals surface area (Å²) in [6.07, 6.45) is 6.72. The highest BCUT2D eigenvalue weighted by atomic mass is 19.1. The van der Waals surface area contributed by atoms with E-state index in [9.17, 15) is 19.6 Å². The fraction of sp³-hybridized carbons (Fsp3) is 0.375. The van der Waals surface area contributed by atoms with Gasteiger partial charge in [0.1, 0.15) is 5.82 Å². The van der Waals surface area contributed by atoms with Crippen molar-refractivity contribution in [1.29, 1.82) is 5.26 Å². The number of nitrogens with one attached hydrogen (secondary N) is 1. The maximum absolute atomic E-state index is 13.4.